The van der Waals surface area contributed by atoms with E-state index in [1.165, 1.54) is 16.0 Å². The summed E-state index contributed by atoms with van der Waals surface area (Å²) in [5, 5.41) is 4.15. The first kappa shape index (κ1) is 18.5. The number of nitrogens with one attached hydrogen (secondary N) is 2. The molecule has 130 valence electrons. The van der Waals surface area contributed by atoms with Gasteiger partial charge in [0.05, 0.1) is 39.5 Å². The number of furan rings is 1. The third-order valence-electron chi connectivity index (χ3n) is 4.17. The molecular weight excluding hydrogens is 318 g/mol. The number of nitrogens with zero attached hydrogens (tertiary/aromatic N) is 1. The van der Waals surface area contributed by atoms with Gasteiger partial charge in [0.2, 0.25) is 0 Å². The summed E-state index contributed by atoms with van der Waals surface area (Å²) in [5.74, 6) is 0.925. The highest BCUT2D eigenvalue weighted by atomic mass is 32.1. The summed E-state index contributed by atoms with van der Waals surface area (Å²) in [4.78, 5) is 3.59. The Hall–Kier alpha value is -1.85. The lowest BCUT2D eigenvalue weighted by atomic mass is 10.1. The Kier molecular flexibility index (Phi) is 6.40. The Morgan fingerprint density at radius 1 is 1.29 bits per heavy atom. The van der Waals surface area contributed by atoms with Gasteiger partial charge in [-0.15, -0.1) is 0 Å². The summed E-state index contributed by atoms with van der Waals surface area (Å²) in [6.45, 7) is 8.17. The molecule has 1 unspecified atom stereocenters. The van der Waals surface area contributed by atoms with Crippen LogP contribution in [0.15, 0.2) is 41.0 Å². The van der Waals surface area contributed by atoms with E-state index in [1.54, 1.807) is 6.26 Å². The molecule has 1 atom stereocenters. The fraction of sp³-hybridized carbons (Fsp3) is 0.421. The number of benzene rings is 1. The van der Waals surface area contributed by atoms with Gasteiger partial charge in [0.25, 0.3) is 0 Å². The maximum atomic E-state index is 5.73. The van der Waals surface area contributed by atoms with Crippen LogP contribution in [-0.2, 0) is 0 Å². The number of hydrogen-bond acceptors (Lipinski definition) is 2. The molecule has 2 rings (SSSR count). The molecule has 2 N–H and O–H groups in total. The second-order valence-corrected chi connectivity index (χ2v) is 6.98. The van der Waals surface area contributed by atoms with Crippen LogP contribution in [0.25, 0.3) is 0 Å². The largest absolute Gasteiger partial charge is 0.467 e. The van der Waals surface area contributed by atoms with Gasteiger partial charge in [-0.2, -0.15) is 0 Å². The Balaban J connectivity index is 2.18. The summed E-state index contributed by atoms with van der Waals surface area (Å²) in [6.07, 6.45) is 1.71. The monoisotopic (exact) mass is 346 g/mol. The fourth-order valence-corrected chi connectivity index (χ4v) is 2.91. The van der Waals surface area contributed by atoms with E-state index in [-0.39, 0.29) is 6.04 Å². The predicted octanol–water partition coefficient (Wildman–Crippen LogP) is 2.80. The van der Waals surface area contributed by atoms with E-state index in [0.29, 0.717) is 0 Å². The molecule has 1 heterocycles. The second kappa shape index (κ2) is 8.31. The zero-order valence-corrected chi connectivity index (χ0v) is 16.0. The highest BCUT2D eigenvalue weighted by Gasteiger charge is 2.22. The number of rotatable bonds is 6. The van der Waals surface area contributed by atoms with Crippen LogP contribution in [0.2, 0.25) is 0 Å². The smallest absolute Gasteiger partial charge is 0.174 e. The van der Waals surface area contributed by atoms with E-state index in [9.17, 15) is 0 Å². The summed E-state index contributed by atoms with van der Waals surface area (Å²) >= 11 is 5.73. The molecule has 24 heavy (non-hydrogen) atoms. The standard InChI is InChI=1S/C19H27N3OS/c1-14-8-9-15(2)17(13-14)20-19(24)22(11-10-21(4)5)16(3)18-7-6-12-23-18/h6-9,12-13,16H,10-11H2,1-5H3,(H,20,24)/p+1. The van der Waals surface area contributed by atoms with Crippen LogP contribution in [0.5, 0.6) is 0 Å². The van der Waals surface area contributed by atoms with Gasteiger partial charge < -0.3 is 19.5 Å². The molecule has 0 aliphatic rings. The maximum absolute atomic E-state index is 5.73. The second-order valence-electron chi connectivity index (χ2n) is 6.59. The lowest BCUT2D eigenvalue weighted by molar-refractivity contribution is -0.857. The molecule has 0 fully saturated rings. The van der Waals surface area contributed by atoms with Gasteiger partial charge in [-0.05, 0) is 62.3 Å². The Morgan fingerprint density at radius 3 is 2.67 bits per heavy atom. The molecule has 1 aromatic heterocycles. The molecule has 0 amide bonds. The van der Waals surface area contributed by atoms with Crippen molar-refractivity contribution in [1.29, 1.82) is 0 Å². The summed E-state index contributed by atoms with van der Waals surface area (Å²) < 4.78 is 5.59. The number of hydrogen-bond donors (Lipinski definition) is 2. The molecule has 0 bridgehead atoms. The van der Waals surface area contributed by atoms with Crippen LogP contribution in [0.1, 0.15) is 29.9 Å². The van der Waals surface area contributed by atoms with Gasteiger partial charge in [0.1, 0.15) is 5.76 Å². The van der Waals surface area contributed by atoms with Gasteiger partial charge >= 0.3 is 0 Å². The van der Waals surface area contributed by atoms with E-state index in [0.717, 1.165) is 29.6 Å². The predicted molar refractivity (Wildman–Crippen MR) is 104 cm³/mol. The van der Waals surface area contributed by atoms with Crippen molar-refractivity contribution in [2.45, 2.75) is 26.8 Å². The molecule has 1 aromatic carbocycles. The minimum atomic E-state index is 0.0875. The fourth-order valence-electron chi connectivity index (χ4n) is 2.56. The van der Waals surface area contributed by atoms with Crippen LogP contribution in [0, 0.1) is 13.8 Å². The zero-order valence-electron chi connectivity index (χ0n) is 15.2. The van der Waals surface area contributed by atoms with Crippen molar-refractivity contribution < 1.29 is 9.32 Å². The average molecular weight is 347 g/mol. The molecular formula is C19H28N3OS+. The van der Waals surface area contributed by atoms with E-state index in [1.807, 2.05) is 12.1 Å². The van der Waals surface area contributed by atoms with Gasteiger partial charge in [0.15, 0.2) is 5.11 Å². The molecule has 4 nitrogen and oxygen atoms in total. The lowest BCUT2D eigenvalue weighted by Crippen LogP contribution is -3.06. The average Bonchev–Trinajstić information content (AvgIpc) is 3.05. The van der Waals surface area contributed by atoms with Crippen LogP contribution in [-0.4, -0.2) is 37.2 Å². The maximum Gasteiger partial charge on any atom is 0.174 e. The Morgan fingerprint density at radius 2 is 2.04 bits per heavy atom. The quantitative estimate of drug-likeness (QED) is 0.788. The first-order chi connectivity index (χ1) is 11.4. The van der Waals surface area contributed by atoms with E-state index >= 15 is 0 Å². The first-order valence-corrected chi connectivity index (χ1v) is 8.76. The molecule has 0 saturated heterocycles. The van der Waals surface area contributed by atoms with Gasteiger partial charge in [-0.3, -0.25) is 0 Å². The highest BCUT2D eigenvalue weighted by Crippen LogP contribution is 2.23. The van der Waals surface area contributed by atoms with Crippen molar-refractivity contribution in [3.8, 4) is 0 Å². The third-order valence-corrected chi connectivity index (χ3v) is 4.51. The number of thiocarbonyl (C=S) groups is 1. The van der Waals surface area contributed by atoms with E-state index < -0.39 is 0 Å². The van der Waals surface area contributed by atoms with Gasteiger partial charge in [-0.25, -0.2) is 0 Å². The number of likely N-dealkylation sites (N-methyl/N-ethyl adjacent to an activating group) is 1. The normalized spacial score (nSPS) is 12.2. The first-order valence-electron chi connectivity index (χ1n) is 8.35. The van der Waals surface area contributed by atoms with Crippen LogP contribution >= 0.6 is 12.2 Å². The minimum Gasteiger partial charge on any atom is -0.467 e. The molecule has 0 aliphatic carbocycles. The van der Waals surface area contributed by atoms with Crippen LogP contribution in [0.4, 0.5) is 5.69 Å². The van der Waals surface area contributed by atoms with Crippen molar-refractivity contribution in [2.75, 3.05) is 32.5 Å². The van der Waals surface area contributed by atoms with E-state index in [2.05, 4.69) is 63.3 Å². The molecule has 5 heteroatoms. The van der Waals surface area contributed by atoms with Crippen LogP contribution < -0.4 is 10.2 Å². The lowest BCUT2D eigenvalue weighted by Gasteiger charge is -2.31. The Labute approximate surface area is 150 Å². The molecule has 2 aromatic rings. The van der Waals surface area contributed by atoms with Gasteiger partial charge in [-0.1, -0.05) is 12.1 Å². The molecule has 0 aliphatic heterocycles. The number of quaternary nitrogens is 1. The van der Waals surface area contributed by atoms with Crippen molar-refractivity contribution in [3.05, 3.63) is 53.5 Å². The number of aryl methyl sites for hydroxylation is 2. The number of anilines is 1. The minimum absolute atomic E-state index is 0.0875. The summed E-state index contributed by atoms with van der Waals surface area (Å²) in [6, 6.07) is 10.4. The van der Waals surface area contributed by atoms with Crippen molar-refractivity contribution in [3.63, 3.8) is 0 Å². The topological polar surface area (TPSA) is 32.9 Å². The van der Waals surface area contributed by atoms with E-state index in [4.69, 9.17) is 16.6 Å². The summed E-state index contributed by atoms with van der Waals surface area (Å²) in [5.41, 5.74) is 3.47. The molecule has 0 saturated carbocycles. The zero-order chi connectivity index (χ0) is 17.7. The SMILES string of the molecule is Cc1ccc(C)c(NC(=S)N(CC[NH+](C)C)C(C)c2ccco2)c1. The molecule has 0 spiro atoms. The van der Waals surface area contributed by atoms with Gasteiger partial charge in [0, 0.05) is 5.69 Å². The van der Waals surface area contributed by atoms with Crippen molar-refractivity contribution in [2.24, 2.45) is 0 Å². The highest BCUT2D eigenvalue weighted by molar-refractivity contribution is 7.80. The molecule has 0 radical (unpaired) electrons. The Bertz CT molecular complexity index is 667. The van der Waals surface area contributed by atoms with Crippen molar-refractivity contribution >= 4 is 23.0 Å². The third kappa shape index (κ3) is 4.82. The van der Waals surface area contributed by atoms with Crippen molar-refractivity contribution in [1.82, 2.24) is 4.90 Å². The van der Waals surface area contributed by atoms with Crippen LogP contribution in [0.3, 0.4) is 0 Å². The summed E-state index contributed by atoms with van der Waals surface area (Å²) in [7, 11) is 4.30.